The molecule has 1 unspecified atom stereocenters. The molecule has 0 bridgehead atoms. The largest absolute Gasteiger partial charge is 0.466 e. The van der Waals surface area contributed by atoms with Gasteiger partial charge in [-0.3, -0.25) is 4.79 Å². The summed E-state index contributed by atoms with van der Waals surface area (Å²) in [7, 11) is 0. The summed E-state index contributed by atoms with van der Waals surface area (Å²) in [5, 5.41) is 8.97. The molecule has 1 atom stereocenters. The summed E-state index contributed by atoms with van der Waals surface area (Å²) in [6.07, 6.45) is 43.9. The average Bonchev–Trinajstić information content (AvgIpc) is 2.99. The summed E-state index contributed by atoms with van der Waals surface area (Å²) in [6.45, 7) is 5.04. The van der Waals surface area contributed by atoms with Crippen LogP contribution < -0.4 is 0 Å². The number of carbonyl (C=O) groups is 1. The molecule has 0 rings (SSSR count). The quantitative estimate of drug-likeness (QED) is 0.0579. The number of hydrogen-bond acceptors (Lipinski definition) is 3. The normalized spacial score (nSPS) is 12.2. The van der Waals surface area contributed by atoms with Crippen molar-refractivity contribution in [3.63, 3.8) is 0 Å². The van der Waals surface area contributed by atoms with E-state index in [2.05, 4.69) is 13.8 Å². The van der Waals surface area contributed by atoms with E-state index in [1.807, 2.05) is 0 Å². The smallest absolute Gasteiger partial charge is 0.306 e. The van der Waals surface area contributed by atoms with Gasteiger partial charge in [-0.25, -0.2) is 0 Å². The molecule has 0 amide bonds. The number of aliphatic hydroxyl groups is 1. The zero-order valence-electron chi connectivity index (χ0n) is 29.1. The maximum Gasteiger partial charge on any atom is 0.306 e. The van der Waals surface area contributed by atoms with Crippen molar-refractivity contribution in [2.45, 2.75) is 226 Å². The first-order valence-electron chi connectivity index (χ1n) is 19.5. The number of aliphatic hydroxyl groups excluding tert-OH is 1. The van der Waals surface area contributed by atoms with Crippen LogP contribution in [0.1, 0.15) is 226 Å². The molecule has 42 heavy (non-hydrogen) atoms. The van der Waals surface area contributed by atoms with E-state index in [1.165, 1.54) is 199 Å². The maximum atomic E-state index is 12.3. The van der Waals surface area contributed by atoms with Gasteiger partial charge >= 0.3 is 5.97 Å². The van der Waals surface area contributed by atoms with Crippen LogP contribution in [0.2, 0.25) is 0 Å². The van der Waals surface area contributed by atoms with Crippen molar-refractivity contribution in [1.82, 2.24) is 0 Å². The zero-order valence-corrected chi connectivity index (χ0v) is 29.1. The van der Waals surface area contributed by atoms with Gasteiger partial charge < -0.3 is 9.84 Å². The lowest BCUT2D eigenvalue weighted by molar-refractivity contribution is -0.145. The highest BCUT2D eigenvalue weighted by Gasteiger charge is 2.15. The predicted molar refractivity (Wildman–Crippen MR) is 185 cm³/mol. The second-order valence-corrected chi connectivity index (χ2v) is 13.5. The Kier molecular flexibility index (Phi) is 36.1. The predicted octanol–water partition coefficient (Wildman–Crippen LogP) is 13.1. The van der Waals surface area contributed by atoms with Crippen molar-refractivity contribution in [3.8, 4) is 0 Å². The second kappa shape index (κ2) is 36.6. The number of esters is 1. The van der Waals surface area contributed by atoms with Gasteiger partial charge in [0.15, 0.2) is 0 Å². The molecule has 0 heterocycles. The number of unbranched alkanes of at least 4 members (excludes halogenated alkanes) is 27. The molecular weight excluding hydrogens is 516 g/mol. The highest BCUT2D eigenvalue weighted by Crippen LogP contribution is 2.23. The first kappa shape index (κ1) is 41.4. The number of hydrogen-bond donors (Lipinski definition) is 1. The monoisotopic (exact) mass is 595 g/mol. The molecule has 0 radical (unpaired) electrons. The highest BCUT2D eigenvalue weighted by molar-refractivity contribution is 5.69. The molecule has 0 saturated heterocycles. The van der Waals surface area contributed by atoms with Crippen LogP contribution in [0.15, 0.2) is 0 Å². The standard InChI is InChI=1S/C39H78O3/c1-3-5-7-9-11-13-15-17-18-19-21-23-25-27-29-31-34-38(37-39(41)42-36-32-35-40)33-30-28-26-24-22-20-16-14-12-10-8-6-4-2/h38,40H,3-37H2,1-2H3. The Morgan fingerprint density at radius 1 is 0.452 bits per heavy atom. The molecule has 0 aliphatic heterocycles. The third kappa shape index (κ3) is 33.9. The fourth-order valence-corrected chi connectivity index (χ4v) is 6.33. The molecule has 0 aliphatic carbocycles. The average molecular weight is 595 g/mol. The minimum absolute atomic E-state index is 0.0559. The third-order valence-electron chi connectivity index (χ3n) is 9.20. The van der Waals surface area contributed by atoms with Crippen molar-refractivity contribution in [3.05, 3.63) is 0 Å². The molecule has 0 fully saturated rings. The summed E-state index contributed by atoms with van der Waals surface area (Å²) in [4.78, 5) is 12.3. The van der Waals surface area contributed by atoms with Crippen LogP contribution in [0.3, 0.4) is 0 Å². The van der Waals surface area contributed by atoms with Crippen molar-refractivity contribution in [2.24, 2.45) is 5.92 Å². The van der Waals surface area contributed by atoms with E-state index in [9.17, 15) is 4.79 Å². The fourth-order valence-electron chi connectivity index (χ4n) is 6.33. The Bertz CT molecular complexity index is 506. The van der Waals surface area contributed by atoms with Gasteiger partial charge in [-0.2, -0.15) is 0 Å². The lowest BCUT2D eigenvalue weighted by Crippen LogP contribution is -2.13. The topological polar surface area (TPSA) is 46.5 Å². The lowest BCUT2D eigenvalue weighted by atomic mass is 9.91. The third-order valence-corrected chi connectivity index (χ3v) is 9.20. The molecule has 0 saturated carbocycles. The van der Waals surface area contributed by atoms with Crippen molar-refractivity contribution in [1.29, 1.82) is 0 Å². The van der Waals surface area contributed by atoms with Crippen molar-refractivity contribution in [2.75, 3.05) is 13.2 Å². The van der Waals surface area contributed by atoms with Crippen LogP contribution in [0, 0.1) is 5.92 Å². The maximum absolute atomic E-state index is 12.3. The SMILES string of the molecule is CCCCCCCCCCCCCCCCCCC(CCCCCCCCCCCCCCC)CC(=O)OCCCO. The van der Waals surface area contributed by atoms with Crippen LogP contribution >= 0.6 is 0 Å². The van der Waals surface area contributed by atoms with Gasteiger partial charge in [-0.05, 0) is 18.8 Å². The van der Waals surface area contributed by atoms with Gasteiger partial charge in [-0.15, -0.1) is 0 Å². The van der Waals surface area contributed by atoms with Crippen molar-refractivity contribution < 1.29 is 14.6 Å². The minimum atomic E-state index is -0.0559. The van der Waals surface area contributed by atoms with Gasteiger partial charge in [0, 0.05) is 19.4 Å². The van der Waals surface area contributed by atoms with E-state index in [0.717, 1.165) is 0 Å². The molecule has 1 N–H and O–H groups in total. The molecule has 3 heteroatoms. The minimum Gasteiger partial charge on any atom is -0.466 e. The van der Waals surface area contributed by atoms with Crippen LogP contribution in [0.4, 0.5) is 0 Å². The summed E-state index contributed by atoms with van der Waals surface area (Å²) < 4.78 is 5.37. The summed E-state index contributed by atoms with van der Waals surface area (Å²) in [6, 6.07) is 0. The molecule has 0 spiro atoms. The van der Waals surface area contributed by atoms with E-state index in [1.54, 1.807) is 0 Å². The van der Waals surface area contributed by atoms with Gasteiger partial charge in [0.1, 0.15) is 0 Å². The lowest BCUT2D eigenvalue weighted by Gasteiger charge is -2.16. The Hall–Kier alpha value is -0.570. The Morgan fingerprint density at radius 2 is 0.738 bits per heavy atom. The highest BCUT2D eigenvalue weighted by atomic mass is 16.5. The first-order chi connectivity index (χ1) is 20.7. The Labute approximate surface area is 265 Å². The van der Waals surface area contributed by atoms with E-state index in [-0.39, 0.29) is 12.6 Å². The molecule has 252 valence electrons. The molecular formula is C39H78O3. The number of carbonyl (C=O) groups excluding carboxylic acids is 1. The fraction of sp³-hybridized carbons (Fsp3) is 0.974. The summed E-state index contributed by atoms with van der Waals surface area (Å²) >= 11 is 0. The second-order valence-electron chi connectivity index (χ2n) is 13.5. The molecule has 0 aromatic rings. The Balaban J connectivity index is 3.80. The Morgan fingerprint density at radius 3 is 1.02 bits per heavy atom. The first-order valence-corrected chi connectivity index (χ1v) is 19.5. The molecule has 0 aromatic carbocycles. The van der Waals surface area contributed by atoms with Crippen LogP contribution in [0.5, 0.6) is 0 Å². The molecule has 0 aliphatic rings. The van der Waals surface area contributed by atoms with Crippen molar-refractivity contribution >= 4 is 5.97 Å². The van der Waals surface area contributed by atoms with Gasteiger partial charge in [0.2, 0.25) is 0 Å². The molecule has 3 nitrogen and oxygen atoms in total. The van der Waals surface area contributed by atoms with E-state index < -0.39 is 0 Å². The van der Waals surface area contributed by atoms with Gasteiger partial charge in [0.25, 0.3) is 0 Å². The summed E-state index contributed by atoms with van der Waals surface area (Å²) in [5.41, 5.74) is 0. The van der Waals surface area contributed by atoms with Gasteiger partial charge in [-0.1, -0.05) is 200 Å². The van der Waals surface area contributed by atoms with Gasteiger partial charge in [0.05, 0.1) is 6.61 Å². The van der Waals surface area contributed by atoms with Crippen LogP contribution in [-0.2, 0) is 9.53 Å². The van der Waals surface area contributed by atoms with E-state index in [4.69, 9.17) is 9.84 Å². The number of rotatable bonds is 36. The van der Waals surface area contributed by atoms with E-state index >= 15 is 0 Å². The summed E-state index contributed by atoms with van der Waals surface area (Å²) in [5.74, 6) is 0.422. The zero-order chi connectivity index (χ0) is 30.6. The van der Waals surface area contributed by atoms with Crippen LogP contribution in [-0.4, -0.2) is 24.3 Å². The number of ether oxygens (including phenoxy) is 1. The van der Waals surface area contributed by atoms with E-state index in [0.29, 0.717) is 25.4 Å². The van der Waals surface area contributed by atoms with Crippen LogP contribution in [0.25, 0.3) is 0 Å². The molecule has 0 aromatic heterocycles.